The van der Waals surface area contributed by atoms with E-state index in [1.165, 1.54) is 6.20 Å². The Morgan fingerprint density at radius 1 is 1.27 bits per heavy atom. The number of carbonyl (C=O) groups is 1. The summed E-state index contributed by atoms with van der Waals surface area (Å²) in [5.41, 5.74) is 7.05. The summed E-state index contributed by atoms with van der Waals surface area (Å²) < 4.78 is 7.40. The summed E-state index contributed by atoms with van der Waals surface area (Å²) in [6.45, 7) is 0.747. The van der Waals surface area contributed by atoms with Gasteiger partial charge in [-0.25, -0.2) is 9.97 Å². The van der Waals surface area contributed by atoms with E-state index in [2.05, 4.69) is 15.0 Å². The van der Waals surface area contributed by atoms with Crippen molar-refractivity contribution in [1.82, 2.24) is 19.5 Å². The van der Waals surface area contributed by atoms with E-state index in [1.54, 1.807) is 18.3 Å². The number of nitrogen functional groups attached to an aromatic ring is 1. The van der Waals surface area contributed by atoms with Gasteiger partial charge in [-0.15, -0.1) is 0 Å². The molecule has 1 atom stereocenters. The Kier molecular flexibility index (Phi) is 2.87. The Morgan fingerprint density at radius 3 is 2.82 bits per heavy atom. The van der Waals surface area contributed by atoms with Crippen LogP contribution >= 0.6 is 0 Å². The van der Waals surface area contributed by atoms with Crippen molar-refractivity contribution in [3.8, 4) is 0 Å². The molecule has 1 aliphatic rings. The third kappa shape index (κ3) is 2.03. The van der Waals surface area contributed by atoms with Gasteiger partial charge in [-0.3, -0.25) is 9.78 Å². The number of hydrogen-bond donors (Lipinski definition) is 1. The molecule has 0 radical (unpaired) electrons. The molecule has 1 saturated heterocycles. The van der Waals surface area contributed by atoms with E-state index in [4.69, 9.17) is 10.5 Å². The number of rotatable bonds is 3. The summed E-state index contributed by atoms with van der Waals surface area (Å²) in [6.07, 6.45) is 5.92. The van der Waals surface area contributed by atoms with E-state index in [-0.39, 0.29) is 23.5 Å². The first-order chi connectivity index (χ1) is 10.7. The molecule has 1 aliphatic heterocycles. The molecule has 3 aromatic rings. The van der Waals surface area contributed by atoms with Crippen molar-refractivity contribution in [3.05, 3.63) is 48.3 Å². The Bertz CT molecular complexity index is 852. The Balaban J connectivity index is 1.75. The average molecular weight is 295 g/mol. The van der Waals surface area contributed by atoms with Gasteiger partial charge in [0, 0.05) is 24.2 Å². The van der Waals surface area contributed by atoms with Crippen LogP contribution in [0.1, 0.15) is 29.0 Å². The van der Waals surface area contributed by atoms with E-state index in [0.29, 0.717) is 11.3 Å². The minimum absolute atomic E-state index is 0.00926. The maximum atomic E-state index is 12.4. The third-order valence-electron chi connectivity index (χ3n) is 3.66. The molecule has 1 unspecified atom stereocenters. The molecule has 7 heteroatoms. The molecule has 4 heterocycles. The van der Waals surface area contributed by atoms with Crippen molar-refractivity contribution in [3.63, 3.8) is 0 Å². The maximum absolute atomic E-state index is 12.4. The fraction of sp³-hybridized carbons (Fsp3) is 0.200. The maximum Gasteiger partial charge on any atom is 0.248 e. The van der Waals surface area contributed by atoms with Crippen LogP contribution in [0.3, 0.4) is 0 Å². The second kappa shape index (κ2) is 4.88. The lowest BCUT2D eigenvalue weighted by Gasteiger charge is -2.28. The minimum Gasteiger partial charge on any atom is -0.397 e. The van der Waals surface area contributed by atoms with Crippen LogP contribution in [0.2, 0.25) is 0 Å². The molecule has 0 aliphatic carbocycles. The number of anilines is 1. The number of pyridine rings is 1. The lowest BCUT2D eigenvalue weighted by Crippen LogP contribution is -2.24. The zero-order valence-corrected chi connectivity index (χ0v) is 11.6. The number of hydrogen-bond acceptors (Lipinski definition) is 6. The van der Waals surface area contributed by atoms with Crippen molar-refractivity contribution < 1.29 is 9.53 Å². The van der Waals surface area contributed by atoms with Gasteiger partial charge in [-0.05, 0) is 18.2 Å². The van der Waals surface area contributed by atoms with Gasteiger partial charge in [0.25, 0.3) is 0 Å². The van der Waals surface area contributed by atoms with Gasteiger partial charge in [0.05, 0.1) is 18.5 Å². The zero-order chi connectivity index (χ0) is 15.1. The molecule has 7 nitrogen and oxygen atoms in total. The lowest BCUT2D eigenvalue weighted by atomic mass is 10.2. The van der Waals surface area contributed by atoms with Crippen LogP contribution in [0.15, 0.2) is 36.8 Å². The molecule has 2 N–H and O–H groups in total. The Hall–Kier alpha value is -2.80. The molecular formula is C15H13N5O2. The normalized spacial score (nSPS) is 17.4. The lowest BCUT2D eigenvalue weighted by molar-refractivity contribution is -0.0971. The first kappa shape index (κ1) is 12.9. The van der Waals surface area contributed by atoms with Crippen molar-refractivity contribution in [2.45, 2.75) is 12.6 Å². The highest BCUT2D eigenvalue weighted by atomic mass is 16.5. The van der Waals surface area contributed by atoms with Gasteiger partial charge < -0.3 is 15.0 Å². The number of ketones is 1. The van der Waals surface area contributed by atoms with Crippen LogP contribution in [-0.2, 0) is 4.74 Å². The molecular weight excluding hydrogens is 282 g/mol. The summed E-state index contributed by atoms with van der Waals surface area (Å²) >= 11 is 0. The van der Waals surface area contributed by atoms with Crippen LogP contribution in [0.4, 0.5) is 5.69 Å². The fourth-order valence-electron chi connectivity index (χ4n) is 2.38. The first-order valence-corrected chi connectivity index (χ1v) is 6.94. The van der Waals surface area contributed by atoms with E-state index in [0.717, 1.165) is 18.4 Å². The largest absolute Gasteiger partial charge is 0.397 e. The van der Waals surface area contributed by atoms with Crippen molar-refractivity contribution in [2.24, 2.45) is 0 Å². The van der Waals surface area contributed by atoms with Crippen molar-refractivity contribution >= 4 is 22.5 Å². The Labute approximate surface area is 125 Å². The number of fused-ring (bicyclic) bond motifs is 1. The summed E-state index contributed by atoms with van der Waals surface area (Å²) in [6, 6.07) is 5.11. The summed E-state index contributed by atoms with van der Waals surface area (Å²) in [4.78, 5) is 25.0. The highest BCUT2D eigenvalue weighted by Crippen LogP contribution is 2.27. The quantitative estimate of drug-likeness (QED) is 0.737. The van der Waals surface area contributed by atoms with E-state index < -0.39 is 0 Å². The fourth-order valence-corrected chi connectivity index (χ4v) is 2.38. The number of aromatic nitrogens is 4. The van der Waals surface area contributed by atoms with Gasteiger partial charge >= 0.3 is 0 Å². The van der Waals surface area contributed by atoms with Crippen LogP contribution in [-0.4, -0.2) is 31.9 Å². The molecule has 0 spiro atoms. The van der Waals surface area contributed by atoms with Crippen LogP contribution in [0.5, 0.6) is 0 Å². The summed E-state index contributed by atoms with van der Waals surface area (Å²) in [5, 5.41) is 0.873. The highest BCUT2D eigenvalue weighted by Gasteiger charge is 2.23. The molecule has 0 saturated carbocycles. The number of nitrogens with two attached hydrogens (primary N) is 1. The first-order valence-electron chi connectivity index (χ1n) is 6.94. The number of nitrogens with zero attached hydrogens (tertiary/aromatic N) is 4. The molecule has 3 aromatic heterocycles. The van der Waals surface area contributed by atoms with E-state index >= 15 is 0 Å². The third-order valence-corrected chi connectivity index (χ3v) is 3.66. The second-order valence-electron chi connectivity index (χ2n) is 5.12. The van der Waals surface area contributed by atoms with Crippen LogP contribution in [0, 0.1) is 0 Å². The topological polar surface area (TPSA) is 95.9 Å². The molecule has 22 heavy (non-hydrogen) atoms. The SMILES string of the molecule is Nc1ccc(C(=O)c2ncc3ccn(C4CCO4)c3n2)nc1. The molecule has 110 valence electrons. The summed E-state index contributed by atoms with van der Waals surface area (Å²) in [5.74, 6) is -0.215. The number of carbonyl (C=O) groups excluding carboxylic acids is 1. The van der Waals surface area contributed by atoms with Gasteiger partial charge in [-0.1, -0.05) is 0 Å². The van der Waals surface area contributed by atoms with Gasteiger partial charge in [0.15, 0.2) is 0 Å². The van der Waals surface area contributed by atoms with Crippen LogP contribution < -0.4 is 5.73 Å². The Morgan fingerprint density at radius 2 is 2.14 bits per heavy atom. The average Bonchev–Trinajstić information content (AvgIpc) is 2.89. The predicted molar refractivity (Wildman–Crippen MR) is 79.2 cm³/mol. The van der Waals surface area contributed by atoms with Crippen LogP contribution in [0.25, 0.3) is 11.0 Å². The molecule has 0 amide bonds. The molecule has 4 rings (SSSR count). The van der Waals surface area contributed by atoms with Gasteiger partial charge in [0.1, 0.15) is 17.6 Å². The zero-order valence-electron chi connectivity index (χ0n) is 11.6. The van der Waals surface area contributed by atoms with Gasteiger partial charge in [0.2, 0.25) is 11.6 Å². The standard InChI is InChI=1S/C15H13N5O2/c16-10-1-2-11(17-8-10)13(21)14-18-7-9-3-5-20(15(9)19-14)12-4-6-22-12/h1-3,5,7-8,12H,4,6,16H2. The van der Waals surface area contributed by atoms with E-state index in [9.17, 15) is 4.79 Å². The van der Waals surface area contributed by atoms with Crippen molar-refractivity contribution in [1.29, 1.82) is 0 Å². The number of ether oxygens (including phenoxy) is 1. The second-order valence-corrected chi connectivity index (χ2v) is 5.12. The van der Waals surface area contributed by atoms with E-state index in [1.807, 2.05) is 16.8 Å². The molecule has 0 bridgehead atoms. The van der Waals surface area contributed by atoms with Gasteiger partial charge in [-0.2, -0.15) is 0 Å². The minimum atomic E-state index is -0.329. The smallest absolute Gasteiger partial charge is 0.248 e. The highest BCUT2D eigenvalue weighted by molar-refractivity contribution is 6.05. The predicted octanol–water partition coefficient (Wildman–Crippen LogP) is 1.56. The van der Waals surface area contributed by atoms with Crippen molar-refractivity contribution in [2.75, 3.05) is 12.3 Å². The molecule has 1 fully saturated rings. The monoisotopic (exact) mass is 295 g/mol. The molecule has 0 aromatic carbocycles. The summed E-state index contributed by atoms with van der Waals surface area (Å²) in [7, 11) is 0.